The summed E-state index contributed by atoms with van der Waals surface area (Å²) in [6.07, 6.45) is 0. The molecule has 0 fully saturated rings. The van der Waals surface area contributed by atoms with Gasteiger partial charge in [-0.2, -0.15) is 0 Å². The highest BCUT2D eigenvalue weighted by Gasteiger charge is 2.13. The van der Waals surface area contributed by atoms with E-state index in [1.54, 1.807) is 0 Å². The Balaban J connectivity index is 2.94. The minimum absolute atomic E-state index is 0.224. The van der Waals surface area contributed by atoms with Crippen molar-refractivity contribution in [3.63, 3.8) is 0 Å². The first-order chi connectivity index (χ1) is 5.88. The van der Waals surface area contributed by atoms with Crippen LogP contribution in [0, 0.1) is 6.92 Å². The van der Waals surface area contributed by atoms with Crippen LogP contribution in [0.2, 0.25) is 0 Å². The zero-order chi connectivity index (χ0) is 10.1. The average Bonchev–Trinajstić information content (AvgIpc) is 1.94. The van der Waals surface area contributed by atoms with Crippen molar-refractivity contribution in [3.05, 3.63) is 23.8 Å². The number of nitrogen functional groups attached to an aromatic ring is 1. The number of nitrogens with two attached hydrogens (primary N) is 1. The fourth-order valence-corrected chi connectivity index (χ4v) is 2.15. The number of hydrogen-bond acceptors (Lipinski definition) is 2. The maximum absolute atomic E-state index is 5.88. The molecule has 0 saturated heterocycles. The molecule has 0 heterocycles. The molecule has 0 amide bonds. The Kier molecular flexibility index (Phi) is 2.91. The highest BCUT2D eigenvalue weighted by Crippen LogP contribution is 2.35. The molecular weight excluding hydrogens is 178 g/mol. The van der Waals surface area contributed by atoms with Crippen molar-refractivity contribution >= 4 is 17.4 Å². The summed E-state index contributed by atoms with van der Waals surface area (Å²) < 4.78 is 0.224. The molecule has 0 spiro atoms. The summed E-state index contributed by atoms with van der Waals surface area (Å²) in [7, 11) is 0. The second kappa shape index (κ2) is 3.62. The molecule has 72 valence electrons. The van der Waals surface area contributed by atoms with E-state index in [4.69, 9.17) is 5.73 Å². The second-order valence-corrected chi connectivity index (χ2v) is 6.12. The van der Waals surface area contributed by atoms with Crippen LogP contribution in [-0.2, 0) is 0 Å². The number of anilines is 1. The van der Waals surface area contributed by atoms with Gasteiger partial charge in [-0.25, -0.2) is 0 Å². The van der Waals surface area contributed by atoms with E-state index < -0.39 is 0 Å². The highest BCUT2D eigenvalue weighted by atomic mass is 32.2. The minimum Gasteiger partial charge on any atom is -0.398 e. The standard InChI is InChI=1S/C11H17NS/c1-8-5-6-9(12)10(7-8)13-11(2,3)4/h5-7H,12H2,1-4H3. The molecule has 0 unspecified atom stereocenters. The smallest absolute Gasteiger partial charge is 0.0452 e. The Morgan fingerprint density at radius 3 is 2.38 bits per heavy atom. The van der Waals surface area contributed by atoms with E-state index in [1.165, 1.54) is 10.5 Å². The molecule has 2 heteroatoms. The minimum atomic E-state index is 0.224. The van der Waals surface area contributed by atoms with Crippen LogP contribution in [0.5, 0.6) is 0 Å². The third-order valence-electron chi connectivity index (χ3n) is 1.59. The summed E-state index contributed by atoms with van der Waals surface area (Å²) in [6.45, 7) is 8.67. The van der Waals surface area contributed by atoms with Gasteiger partial charge in [0.1, 0.15) is 0 Å². The quantitative estimate of drug-likeness (QED) is 0.548. The zero-order valence-electron chi connectivity index (χ0n) is 8.72. The molecule has 0 bridgehead atoms. The second-order valence-electron chi connectivity index (χ2n) is 4.26. The Hall–Kier alpha value is -0.630. The fraction of sp³-hybridized carbons (Fsp3) is 0.455. The number of hydrogen-bond donors (Lipinski definition) is 1. The van der Waals surface area contributed by atoms with Crippen LogP contribution >= 0.6 is 11.8 Å². The average molecular weight is 195 g/mol. The van der Waals surface area contributed by atoms with E-state index in [9.17, 15) is 0 Å². The first kappa shape index (κ1) is 10.5. The van der Waals surface area contributed by atoms with Crippen molar-refractivity contribution in [3.8, 4) is 0 Å². The lowest BCUT2D eigenvalue weighted by Crippen LogP contribution is -2.07. The SMILES string of the molecule is Cc1ccc(N)c(SC(C)(C)C)c1. The van der Waals surface area contributed by atoms with Crippen molar-refractivity contribution in [1.82, 2.24) is 0 Å². The molecule has 13 heavy (non-hydrogen) atoms. The number of rotatable bonds is 1. The summed E-state index contributed by atoms with van der Waals surface area (Å²) in [6, 6.07) is 6.16. The Morgan fingerprint density at radius 1 is 1.23 bits per heavy atom. The molecule has 0 aliphatic rings. The molecule has 0 aliphatic carbocycles. The summed E-state index contributed by atoms with van der Waals surface area (Å²) in [4.78, 5) is 1.19. The predicted molar refractivity (Wildman–Crippen MR) is 61.2 cm³/mol. The molecule has 2 N–H and O–H groups in total. The number of thioether (sulfide) groups is 1. The maximum Gasteiger partial charge on any atom is 0.0452 e. The fourth-order valence-electron chi connectivity index (χ4n) is 1.06. The van der Waals surface area contributed by atoms with Gasteiger partial charge in [0.2, 0.25) is 0 Å². The third-order valence-corrected chi connectivity index (χ3v) is 2.77. The number of benzene rings is 1. The summed E-state index contributed by atoms with van der Waals surface area (Å²) in [5.74, 6) is 0. The van der Waals surface area contributed by atoms with Gasteiger partial charge in [0.15, 0.2) is 0 Å². The van der Waals surface area contributed by atoms with Crippen LogP contribution in [0.3, 0.4) is 0 Å². The lowest BCUT2D eigenvalue weighted by molar-refractivity contribution is 0.803. The van der Waals surface area contributed by atoms with Gasteiger partial charge >= 0.3 is 0 Å². The van der Waals surface area contributed by atoms with Gasteiger partial charge in [0, 0.05) is 15.3 Å². The normalized spacial score (nSPS) is 11.7. The molecule has 0 radical (unpaired) electrons. The van der Waals surface area contributed by atoms with Crippen molar-refractivity contribution in [2.45, 2.75) is 37.3 Å². The molecular formula is C11H17NS. The van der Waals surface area contributed by atoms with E-state index in [-0.39, 0.29) is 4.75 Å². The Labute approximate surface area is 84.7 Å². The van der Waals surface area contributed by atoms with E-state index in [1.807, 2.05) is 23.9 Å². The first-order valence-corrected chi connectivity index (χ1v) is 5.25. The van der Waals surface area contributed by atoms with Crippen LogP contribution in [0.25, 0.3) is 0 Å². The Morgan fingerprint density at radius 2 is 1.85 bits per heavy atom. The van der Waals surface area contributed by atoms with Crippen LogP contribution in [0.4, 0.5) is 5.69 Å². The number of aryl methyl sites for hydroxylation is 1. The third kappa shape index (κ3) is 3.31. The first-order valence-electron chi connectivity index (χ1n) is 4.43. The maximum atomic E-state index is 5.88. The summed E-state index contributed by atoms with van der Waals surface area (Å²) >= 11 is 1.82. The van der Waals surface area contributed by atoms with Gasteiger partial charge in [-0.15, -0.1) is 11.8 Å². The monoisotopic (exact) mass is 195 g/mol. The van der Waals surface area contributed by atoms with Crippen LogP contribution in [-0.4, -0.2) is 4.75 Å². The highest BCUT2D eigenvalue weighted by molar-refractivity contribution is 8.00. The van der Waals surface area contributed by atoms with E-state index in [0.717, 1.165) is 5.69 Å². The molecule has 1 rings (SSSR count). The predicted octanol–water partition coefficient (Wildman–Crippen LogP) is 3.47. The molecule has 0 saturated carbocycles. The lowest BCUT2D eigenvalue weighted by atomic mass is 10.2. The van der Waals surface area contributed by atoms with E-state index in [2.05, 4.69) is 33.8 Å². The van der Waals surface area contributed by atoms with Gasteiger partial charge in [-0.1, -0.05) is 26.8 Å². The van der Waals surface area contributed by atoms with Gasteiger partial charge in [-0.05, 0) is 24.6 Å². The van der Waals surface area contributed by atoms with E-state index >= 15 is 0 Å². The van der Waals surface area contributed by atoms with Gasteiger partial charge < -0.3 is 5.73 Å². The van der Waals surface area contributed by atoms with Gasteiger partial charge in [-0.3, -0.25) is 0 Å². The van der Waals surface area contributed by atoms with E-state index in [0.29, 0.717) is 0 Å². The lowest BCUT2D eigenvalue weighted by Gasteiger charge is -2.19. The molecule has 1 nitrogen and oxygen atoms in total. The Bertz CT molecular complexity index is 299. The molecule has 0 aromatic heterocycles. The van der Waals surface area contributed by atoms with Crippen molar-refractivity contribution in [2.75, 3.05) is 5.73 Å². The largest absolute Gasteiger partial charge is 0.398 e. The van der Waals surface area contributed by atoms with Crippen LogP contribution in [0.1, 0.15) is 26.3 Å². The summed E-state index contributed by atoms with van der Waals surface area (Å²) in [5.41, 5.74) is 8.02. The van der Waals surface area contributed by atoms with Crippen molar-refractivity contribution in [2.24, 2.45) is 0 Å². The van der Waals surface area contributed by atoms with Gasteiger partial charge in [0.05, 0.1) is 0 Å². The molecule has 0 atom stereocenters. The van der Waals surface area contributed by atoms with Crippen molar-refractivity contribution < 1.29 is 0 Å². The van der Waals surface area contributed by atoms with Crippen molar-refractivity contribution in [1.29, 1.82) is 0 Å². The topological polar surface area (TPSA) is 26.0 Å². The molecule has 1 aromatic rings. The van der Waals surface area contributed by atoms with Crippen LogP contribution in [0.15, 0.2) is 23.1 Å². The molecule has 0 aliphatic heterocycles. The van der Waals surface area contributed by atoms with Crippen LogP contribution < -0.4 is 5.73 Å². The summed E-state index contributed by atoms with van der Waals surface area (Å²) in [5, 5.41) is 0. The zero-order valence-corrected chi connectivity index (χ0v) is 9.53. The van der Waals surface area contributed by atoms with Gasteiger partial charge in [0.25, 0.3) is 0 Å². The molecule has 1 aromatic carbocycles.